The summed E-state index contributed by atoms with van der Waals surface area (Å²) < 4.78 is 11.6. The van der Waals surface area contributed by atoms with Gasteiger partial charge in [0.15, 0.2) is 0 Å². The first kappa shape index (κ1) is 14.5. The van der Waals surface area contributed by atoms with E-state index in [0.717, 1.165) is 58.5 Å². The monoisotopic (exact) mass is 295 g/mol. The highest BCUT2D eigenvalue weighted by Crippen LogP contribution is 2.34. The van der Waals surface area contributed by atoms with Crippen LogP contribution >= 0.6 is 11.3 Å². The van der Waals surface area contributed by atoms with Crippen LogP contribution < -0.4 is 5.32 Å². The van der Waals surface area contributed by atoms with Gasteiger partial charge in [-0.25, -0.2) is 0 Å². The van der Waals surface area contributed by atoms with Crippen LogP contribution in [0.2, 0.25) is 0 Å². The van der Waals surface area contributed by atoms with Crippen LogP contribution in [0.25, 0.3) is 0 Å². The van der Waals surface area contributed by atoms with Crippen molar-refractivity contribution in [1.29, 1.82) is 0 Å². The number of rotatable bonds is 4. The summed E-state index contributed by atoms with van der Waals surface area (Å²) >= 11 is 1.88. The van der Waals surface area contributed by atoms with Crippen molar-refractivity contribution in [3.05, 3.63) is 21.9 Å². The van der Waals surface area contributed by atoms with Crippen molar-refractivity contribution in [1.82, 2.24) is 5.32 Å². The molecule has 2 fully saturated rings. The van der Waals surface area contributed by atoms with E-state index in [-0.39, 0.29) is 5.60 Å². The molecule has 2 aliphatic heterocycles. The van der Waals surface area contributed by atoms with Gasteiger partial charge in [0.05, 0.1) is 5.60 Å². The third kappa shape index (κ3) is 3.25. The van der Waals surface area contributed by atoms with E-state index < -0.39 is 0 Å². The largest absolute Gasteiger partial charge is 0.381 e. The molecule has 112 valence electrons. The fourth-order valence-electron chi connectivity index (χ4n) is 3.37. The Bertz CT molecular complexity index is 420. The molecular formula is C16H25NO2S. The van der Waals surface area contributed by atoms with Crippen LogP contribution in [0.1, 0.15) is 43.0 Å². The predicted octanol–water partition coefficient (Wildman–Crippen LogP) is 3.13. The quantitative estimate of drug-likeness (QED) is 0.926. The van der Waals surface area contributed by atoms with Gasteiger partial charge < -0.3 is 14.8 Å². The molecule has 2 aliphatic rings. The molecule has 0 aromatic carbocycles. The Morgan fingerprint density at radius 2 is 2.20 bits per heavy atom. The highest BCUT2D eigenvalue weighted by Gasteiger charge is 2.38. The van der Waals surface area contributed by atoms with Crippen molar-refractivity contribution in [2.75, 3.05) is 19.8 Å². The van der Waals surface area contributed by atoms with E-state index in [4.69, 9.17) is 9.47 Å². The van der Waals surface area contributed by atoms with Crippen LogP contribution in [-0.2, 0) is 22.4 Å². The molecule has 1 aromatic heterocycles. The lowest BCUT2D eigenvalue weighted by Gasteiger charge is -2.43. The van der Waals surface area contributed by atoms with Crippen LogP contribution in [0.4, 0.5) is 0 Å². The minimum Gasteiger partial charge on any atom is -0.381 e. The highest BCUT2D eigenvalue weighted by molar-refractivity contribution is 7.10. The Morgan fingerprint density at radius 1 is 1.35 bits per heavy atom. The standard InChI is InChI=1S/C16H25NO2S/c1-2-13-4-10-20-15(13)12-17-14-3-7-19-16(11-14)5-8-18-9-6-16/h4,10,14,17H,2-3,5-9,11-12H2,1H3. The number of hydrogen-bond donors (Lipinski definition) is 1. The van der Waals surface area contributed by atoms with Gasteiger partial charge in [-0.2, -0.15) is 0 Å². The Balaban J connectivity index is 1.55. The summed E-state index contributed by atoms with van der Waals surface area (Å²) in [6, 6.07) is 2.85. The number of nitrogens with one attached hydrogen (secondary N) is 1. The van der Waals surface area contributed by atoms with Crippen molar-refractivity contribution in [2.24, 2.45) is 0 Å². The van der Waals surface area contributed by atoms with Crippen molar-refractivity contribution in [2.45, 2.75) is 57.2 Å². The summed E-state index contributed by atoms with van der Waals surface area (Å²) in [5, 5.41) is 5.97. The smallest absolute Gasteiger partial charge is 0.0741 e. The minimum absolute atomic E-state index is 0.0944. The zero-order chi connectivity index (χ0) is 13.8. The maximum Gasteiger partial charge on any atom is 0.0741 e. The van der Waals surface area contributed by atoms with E-state index in [0.29, 0.717) is 6.04 Å². The average molecular weight is 295 g/mol. The molecule has 0 radical (unpaired) electrons. The van der Waals surface area contributed by atoms with E-state index >= 15 is 0 Å². The highest BCUT2D eigenvalue weighted by atomic mass is 32.1. The Kier molecular flexibility index (Phi) is 4.76. The van der Waals surface area contributed by atoms with Crippen molar-refractivity contribution in [3.8, 4) is 0 Å². The molecule has 0 aliphatic carbocycles. The number of ether oxygens (including phenoxy) is 2. The maximum atomic E-state index is 6.10. The van der Waals surface area contributed by atoms with Gasteiger partial charge in [-0.05, 0) is 49.1 Å². The van der Waals surface area contributed by atoms with Crippen LogP contribution in [0.15, 0.2) is 11.4 Å². The zero-order valence-corrected chi connectivity index (χ0v) is 13.1. The van der Waals surface area contributed by atoms with Gasteiger partial charge in [-0.1, -0.05) is 6.92 Å². The fraction of sp³-hybridized carbons (Fsp3) is 0.750. The molecule has 0 bridgehead atoms. The van der Waals surface area contributed by atoms with Gasteiger partial charge in [0, 0.05) is 37.3 Å². The second-order valence-corrected chi connectivity index (χ2v) is 6.94. The van der Waals surface area contributed by atoms with Crippen molar-refractivity contribution < 1.29 is 9.47 Å². The van der Waals surface area contributed by atoms with Crippen LogP contribution in [0.5, 0.6) is 0 Å². The summed E-state index contributed by atoms with van der Waals surface area (Å²) in [4.78, 5) is 1.50. The topological polar surface area (TPSA) is 30.5 Å². The number of aryl methyl sites for hydroxylation is 1. The molecule has 1 aromatic rings. The second-order valence-electron chi connectivity index (χ2n) is 5.94. The molecule has 1 N–H and O–H groups in total. The van der Waals surface area contributed by atoms with Crippen LogP contribution in [-0.4, -0.2) is 31.5 Å². The van der Waals surface area contributed by atoms with E-state index in [2.05, 4.69) is 23.7 Å². The predicted molar refractivity (Wildman–Crippen MR) is 82.3 cm³/mol. The lowest BCUT2D eigenvalue weighted by molar-refractivity contribution is -0.140. The molecule has 3 rings (SSSR count). The molecular weight excluding hydrogens is 270 g/mol. The summed E-state index contributed by atoms with van der Waals surface area (Å²) in [5.74, 6) is 0. The normalized spacial score (nSPS) is 25.9. The summed E-state index contributed by atoms with van der Waals surface area (Å²) in [5.41, 5.74) is 1.59. The molecule has 0 amide bonds. The summed E-state index contributed by atoms with van der Waals surface area (Å²) in [6.07, 6.45) is 5.53. The lowest BCUT2D eigenvalue weighted by atomic mass is 9.84. The molecule has 3 nitrogen and oxygen atoms in total. The Labute approximate surface area is 125 Å². The molecule has 2 saturated heterocycles. The molecule has 1 spiro atoms. The third-order valence-corrected chi connectivity index (χ3v) is 5.63. The number of hydrogen-bond acceptors (Lipinski definition) is 4. The van der Waals surface area contributed by atoms with Gasteiger partial charge >= 0.3 is 0 Å². The summed E-state index contributed by atoms with van der Waals surface area (Å²) in [7, 11) is 0. The molecule has 0 saturated carbocycles. The second kappa shape index (κ2) is 6.56. The van der Waals surface area contributed by atoms with E-state index in [1.807, 2.05) is 11.3 Å². The van der Waals surface area contributed by atoms with Gasteiger partial charge in [0.2, 0.25) is 0 Å². The Morgan fingerprint density at radius 3 is 3.00 bits per heavy atom. The van der Waals surface area contributed by atoms with E-state index in [1.54, 1.807) is 0 Å². The number of thiophene rings is 1. The fourth-order valence-corrected chi connectivity index (χ4v) is 4.30. The SMILES string of the molecule is CCc1ccsc1CNC1CCOC2(CCOCC2)C1. The van der Waals surface area contributed by atoms with Crippen molar-refractivity contribution >= 4 is 11.3 Å². The first-order valence-corrected chi connectivity index (χ1v) is 8.70. The Hall–Kier alpha value is -0.420. The van der Waals surface area contributed by atoms with Gasteiger partial charge in [-0.3, -0.25) is 0 Å². The van der Waals surface area contributed by atoms with Crippen molar-refractivity contribution in [3.63, 3.8) is 0 Å². The van der Waals surface area contributed by atoms with Gasteiger partial charge in [-0.15, -0.1) is 11.3 Å². The lowest BCUT2D eigenvalue weighted by Crippen LogP contribution is -2.49. The average Bonchev–Trinajstić information content (AvgIpc) is 2.93. The first-order chi connectivity index (χ1) is 9.81. The van der Waals surface area contributed by atoms with Gasteiger partial charge in [0.1, 0.15) is 0 Å². The third-order valence-electron chi connectivity index (χ3n) is 4.67. The van der Waals surface area contributed by atoms with Crippen LogP contribution in [0, 0.1) is 0 Å². The maximum absolute atomic E-state index is 6.10. The van der Waals surface area contributed by atoms with E-state index in [9.17, 15) is 0 Å². The molecule has 20 heavy (non-hydrogen) atoms. The summed E-state index contributed by atoms with van der Waals surface area (Å²) in [6.45, 7) is 5.85. The van der Waals surface area contributed by atoms with Gasteiger partial charge in [0.25, 0.3) is 0 Å². The first-order valence-electron chi connectivity index (χ1n) is 7.82. The molecule has 4 heteroatoms. The van der Waals surface area contributed by atoms with Crippen LogP contribution in [0.3, 0.4) is 0 Å². The van der Waals surface area contributed by atoms with E-state index in [1.165, 1.54) is 10.4 Å². The molecule has 1 atom stereocenters. The zero-order valence-electron chi connectivity index (χ0n) is 12.3. The molecule has 3 heterocycles. The minimum atomic E-state index is 0.0944. The molecule has 1 unspecified atom stereocenters.